The molecule has 0 spiro atoms. The van der Waals surface area contributed by atoms with E-state index in [9.17, 15) is 4.79 Å². The van der Waals surface area contributed by atoms with E-state index in [4.69, 9.17) is 0 Å². The minimum Gasteiger partial charge on any atom is -0.376 e. The highest BCUT2D eigenvalue weighted by Crippen LogP contribution is 2.12. The molecule has 0 saturated heterocycles. The normalized spacial score (nSPS) is 11.5. The van der Waals surface area contributed by atoms with Crippen molar-refractivity contribution in [2.45, 2.75) is 13.8 Å². The van der Waals surface area contributed by atoms with Gasteiger partial charge in [0.2, 0.25) is 0 Å². The number of benzene rings is 2. The van der Waals surface area contributed by atoms with Crippen molar-refractivity contribution in [3.8, 4) is 0 Å². The van der Waals surface area contributed by atoms with E-state index in [1.165, 1.54) is 0 Å². The van der Waals surface area contributed by atoms with Crippen molar-refractivity contribution in [1.29, 1.82) is 0 Å². The van der Waals surface area contributed by atoms with Crippen molar-refractivity contribution in [3.05, 3.63) is 71.8 Å². The monoisotopic (exact) mass is 307 g/mol. The molecule has 0 unspecified atom stereocenters. The van der Waals surface area contributed by atoms with Gasteiger partial charge in [-0.1, -0.05) is 54.6 Å². The summed E-state index contributed by atoms with van der Waals surface area (Å²) < 4.78 is 0. The minimum absolute atomic E-state index is 0.180. The Morgan fingerprint density at radius 3 is 2.52 bits per heavy atom. The van der Waals surface area contributed by atoms with Crippen LogP contribution in [0.5, 0.6) is 0 Å². The molecule has 0 aliphatic heterocycles. The molecule has 0 heterocycles. The first kappa shape index (κ1) is 16.5. The first-order valence-electron chi connectivity index (χ1n) is 7.51. The van der Waals surface area contributed by atoms with E-state index in [1.54, 1.807) is 0 Å². The number of rotatable bonds is 6. The predicted octanol–water partition coefficient (Wildman–Crippen LogP) is 3.61. The van der Waals surface area contributed by atoms with Gasteiger partial charge in [-0.3, -0.25) is 4.79 Å². The number of carbonyl (C=O) groups is 1. The van der Waals surface area contributed by atoms with Crippen molar-refractivity contribution >= 4 is 23.4 Å². The van der Waals surface area contributed by atoms with Crippen molar-refractivity contribution in [1.82, 2.24) is 5.43 Å². The van der Waals surface area contributed by atoms with Crippen molar-refractivity contribution in [2.24, 2.45) is 5.10 Å². The summed E-state index contributed by atoms with van der Waals surface area (Å²) in [6.45, 7) is 4.02. The van der Waals surface area contributed by atoms with Gasteiger partial charge in [-0.05, 0) is 37.1 Å². The third-order valence-electron chi connectivity index (χ3n) is 3.26. The highest BCUT2D eigenvalue weighted by molar-refractivity contribution is 5.97. The van der Waals surface area contributed by atoms with E-state index in [1.807, 2.05) is 80.6 Å². The molecule has 0 saturated carbocycles. The minimum atomic E-state index is -0.180. The van der Waals surface area contributed by atoms with Gasteiger partial charge in [0.1, 0.15) is 0 Å². The van der Waals surface area contributed by atoms with Crippen molar-refractivity contribution in [2.75, 3.05) is 11.9 Å². The molecule has 2 rings (SSSR count). The molecule has 0 atom stereocenters. The van der Waals surface area contributed by atoms with Crippen LogP contribution in [-0.4, -0.2) is 18.2 Å². The quantitative estimate of drug-likeness (QED) is 0.632. The highest BCUT2D eigenvalue weighted by atomic mass is 16.2. The summed E-state index contributed by atoms with van der Waals surface area (Å²) in [7, 11) is 0. The lowest BCUT2D eigenvalue weighted by Crippen LogP contribution is -2.26. The topological polar surface area (TPSA) is 53.5 Å². The number of anilines is 1. The number of aryl methyl sites for hydroxylation is 1. The van der Waals surface area contributed by atoms with E-state index in [2.05, 4.69) is 15.8 Å². The summed E-state index contributed by atoms with van der Waals surface area (Å²) in [6.07, 6.45) is 3.82. The molecule has 0 aliphatic rings. The van der Waals surface area contributed by atoms with E-state index in [0.29, 0.717) is 0 Å². The van der Waals surface area contributed by atoms with Gasteiger partial charge in [-0.15, -0.1) is 0 Å². The number of para-hydroxylation sites is 1. The predicted molar refractivity (Wildman–Crippen MR) is 96.4 cm³/mol. The number of nitrogens with zero attached hydrogens (tertiary/aromatic N) is 1. The van der Waals surface area contributed by atoms with E-state index >= 15 is 0 Å². The van der Waals surface area contributed by atoms with Crippen LogP contribution in [0.3, 0.4) is 0 Å². The summed E-state index contributed by atoms with van der Waals surface area (Å²) >= 11 is 0. The van der Waals surface area contributed by atoms with Gasteiger partial charge in [0.25, 0.3) is 5.91 Å². The number of allylic oxidation sites excluding steroid dienone is 1. The number of hydrazone groups is 1. The fraction of sp³-hybridized carbons (Fsp3) is 0.158. The lowest BCUT2D eigenvalue weighted by Gasteiger charge is -2.08. The standard InChI is InChI=1S/C19H21N3O/c1-15-8-6-7-11-18(15)20-14-19(23)22-21-16(2)12-13-17-9-4-3-5-10-17/h3-13,20H,14H2,1-2H3,(H,22,23)/b13-12-,21-16?. The Morgan fingerprint density at radius 1 is 1.09 bits per heavy atom. The number of hydrogen-bond acceptors (Lipinski definition) is 3. The van der Waals surface area contributed by atoms with Gasteiger partial charge < -0.3 is 5.32 Å². The number of amides is 1. The Bertz CT molecular complexity index is 706. The summed E-state index contributed by atoms with van der Waals surface area (Å²) in [5.74, 6) is -0.180. The second-order valence-corrected chi connectivity index (χ2v) is 5.20. The van der Waals surface area contributed by atoms with Gasteiger partial charge in [0.15, 0.2) is 0 Å². The molecule has 118 valence electrons. The molecular weight excluding hydrogens is 286 g/mol. The third-order valence-corrected chi connectivity index (χ3v) is 3.26. The zero-order valence-electron chi connectivity index (χ0n) is 13.4. The zero-order chi connectivity index (χ0) is 16.5. The number of nitrogens with one attached hydrogen (secondary N) is 2. The van der Waals surface area contributed by atoms with Crippen LogP contribution in [0.15, 0.2) is 65.8 Å². The van der Waals surface area contributed by atoms with E-state index in [-0.39, 0.29) is 12.5 Å². The molecule has 23 heavy (non-hydrogen) atoms. The third kappa shape index (κ3) is 5.79. The van der Waals surface area contributed by atoms with E-state index in [0.717, 1.165) is 22.5 Å². The van der Waals surface area contributed by atoms with Crippen LogP contribution in [0.1, 0.15) is 18.1 Å². The second-order valence-electron chi connectivity index (χ2n) is 5.20. The van der Waals surface area contributed by atoms with E-state index < -0.39 is 0 Å². The van der Waals surface area contributed by atoms with Gasteiger partial charge in [-0.25, -0.2) is 5.43 Å². The number of carbonyl (C=O) groups excluding carboxylic acids is 1. The first-order chi connectivity index (χ1) is 11.1. The zero-order valence-corrected chi connectivity index (χ0v) is 13.4. The van der Waals surface area contributed by atoms with Gasteiger partial charge >= 0.3 is 0 Å². The molecule has 0 bridgehead atoms. The highest BCUT2D eigenvalue weighted by Gasteiger charge is 2.01. The molecule has 0 fully saturated rings. The molecule has 4 nitrogen and oxygen atoms in total. The van der Waals surface area contributed by atoms with Crippen LogP contribution in [0.25, 0.3) is 6.08 Å². The molecule has 0 radical (unpaired) electrons. The first-order valence-corrected chi connectivity index (χ1v) is 7.51. The summed E-state index contributed by atoms with van der Waals surface area (Å²) in [4.78, 5) is 11.8. The Labute approximate surface area is 136 Å². The number of hydrogen-bond donors (Lipinski definition) is 2. The van der Waals surface area contributed by atoms with Crippen molar-refractivity contribution in [3.63, 3.8) is 0 Å². The largest absolute Gasteiger partial charge is 0.376 e. The molecule has 2 N–H and O–H groups in total. The lowest BCUT2D eigenvalue weighted by atomic mass is 10.2. The maximum atomic E-state index is 11.8. The van der Waals surface area contributed by atoms with Crippen LogP contribution in [-0.2, 0) is 4.79 Å². The van der Waals surface area contributed by atoms with Crippen LogP contribution in [0.2, 0.25) is 0 Å². The molecule has 1 amide bonds. The summed E-state index contributed by atoms with van der Waals surface area (Å²) in [5.41, 5.74) is 6.42. The Morgan fingerprint density at radius 2 is 1.78 bits per heavy atom. The molecule has 2 aromatic carbocycles. The van der Waals surface area contributed by atoms with Crippen LogP contribution in [0, 0.1) is 6.92 Å². The molecule has 0 aliphatic carbocycles. The van der Waals surface area contributed by atoms with Gasteiger partial charge in [0.05, 0.1) is 12.3 Å². The maximum absolute atomic E-state index is 11.8. The Balaban J connectivity index is 1.81. The second kappa shape index (κ2) is 8.54. The fourth-order valence-electron chi connectivity index (χ4n) is 1.96. The summed E-state index contributed by atoms with van der Waals surface area (Å²) in [5, 5.41) is 7.16. The SMILES string of the molecule is CC(/C=C\c1ccccc1)=NNC(=O)CNc1ccccc1C. The Hall–Kier alpha value is -2.88. The molecule has 0 aromatic heterocycles. The average Bonchev–Trinajstić information content (AvgIpc) is 2.58. The molecular formula is C19H21N3O. The van der Waals surface area contributed by atoms with Crippen LogP contribution >= 0.6 is 0 Å². The Kier molecular flexibility index (Phi) is 6.12. The summed E-state index contributed by atoms with van der Waals surface area (Å²) in [6, 6.07) is 17.8. The molecule has 2 aromatic rings. The maximum Gasteiger partial charge on any atom is 0.259 e. The van der Waals surface area contributed by atoms with Gasteiger partial charge in [-0.2, -0.15) is 5.10 Å². The van der Waals surface area contributed by atoms with Crippen molar-refractivity contribution < 1.29 is 4.79 Å². The van der Waals surface area contributed by atoms with Crippen LogP contribution in [0.4, 0.5) is 5.69 Å². The van der Waals surface area contributed by atoms with Crippen LogP contribution < -0.4 is 10.7 Å². The molecule has 4 heteroatoms. The smallest absolute Gasteiger partial charge is 0.259 e. The fourth-order valence-corrected chi connectivity index (χ4v) is 1.96. The average molecular weight is 307 g/mol. The lowest BCUT2D eigenvalue weighted by molar-refractivity contribution is -0.119. The van der Waals surface area contributed by atoms with Gasteiger partial charge in [0, 0.05) is 5.69 Å².